The van der Waals surface area contributed by atoms with Gasteiger partial charge in [-0.25, -0.2) is 4.98 Å². The van der Waals surface area contributed by atoms with Gasteiger partial charge in [0.15, 0.2) is 5.13 Å². The number of aliphatic hydroxyl groups excluding tert-OH is 1. The Kier molecular flexibility index (Phi) is 3.05. The van der Waals surface area contributed by atoms with E-state index >= 15 is 0 Å². The monoisotopic (exact) mass is 186 g/mol. The predicted molar refractivity (Wildman–Crippen MR) is 52.0 cm³/mol. The Labute approximate surface area is 76.7 Å². The van der Waals surface area contributed by atoms with Gasteiger partial charge in [-0.15, -0.1) is 11.3 Å². The van der Waals surface area contributed by atoms with Gasteiger partial charge < -0.3 is 10.0 Å². The molecule has 1 N–H and O–H groups in total. The van der Waals surface area contributed by atoms with Crippen molar-refractivity contribution in [3.8, 4) is 0 Å². The van der Waals surface area contributed by atoms with Gasteiger partial charge in [-0.3, -0.25) is 0 Å². The fraction of sp³-hybridized carbons (Fsp3) is 0.625. The van der Waals surface area contributed by atoms with E-state index in [2.05, 4.69) is 4.98 Å². The van der Waals surface area contributed by atoms with E-state index in [-0.39, 0.29) is 6.61 Å². The van der Waals surface area contributed by atoms with Crippen LogP contribution >= 0.6 is 11.3 Å². The van der Waals surface area contributed by atoms with Crippen LogP contribution in [0.2, 0.25) is 0 Å². The van der Waals surface area contributed by atoms with Gasteiger partial charge in [0.05, 0.1) is 5.69 Å². The lowest BCUT2D eigenvalue weighted by molar-refractivity contribution is 0.300. The van der Waals surface area contributed by atoms with Crippen molar-refractivity contribution in [1.29, 1.82) is 0 Å². The molecule has 1 aromatic rings. The molecule has 0 fully saturated rings. The van der Waals surface area contributed by atoms with Crippen LogP contribution in [0.3, 0.4) is 0 Å². The molecule has 0 amide bonds. The highest BCUT2D eigenvalue weighted by Gasteiger charge is 2.07. The third kappa shape index (κ3) is 1.95. The van der Waals surface area contributed by atoms with Crippen molar-refractivity contribution in [2.24, 2.45) is 0 Å². The summed E-state index contributed by atoms with van der Waals surface area (Å²) in [5.41, 5.74) is 1.04. The zero-order valence-corrected chi connectivity index (χ0v) is 8.48. The van der Waals surface area contributed by atoms with Crippen LogP contribution in [0, 0.1) is 6.92 Å². The first-order chi connectivity index (χ1) is 5.65. The third-order valence-electron chi connectivity index (χ3n) is 1.60. The number of rotatable bonds is 3. The highest BCUT2D eigenvalue weighted by molar-refractivity contribution is 7.15. The minimum Gasteiger partial charge on any atom is -0.396 e. The molecule has 0 aromatic carbocycles. The van der Waals surface area contributed by atoms with Crippen molar-refractivity contribution in [1.82, 2.24) is 4.98 Å². The molecule has 1 rings (SSSR count). The van der Waals surface area contributed by atoms with Crippen LogP contribution in [0.4, 0.5) is 5.13 Å². The Hall–Kier alpha value is -0.610. The zero-order chi connectivity index (χ0) is 9.14. The molecule has 0 atom stereocenters. The molecule has 0 radical (unpaired) electrons. The van der Waals surface area contributed by atoms with E-state index in [1.54, 1.807) is 11.3 Å². The third-order valence-corrected chi connectivity index (χ3v) is 2.99. The summed E-state index contributed by atoms with van der Waals surface area (Å²) in [5, 5.41) is 9.77. The summed E-state index contributed by atoms with van der Waals surface area (Å²) < 4.78 is 0. The zero-order valence-electron chi connectivity index (χ0n) is 7.66. The van der Waals surface area contributed by atoms with Crippen LogP contribution in [-0.4, -0.2) is 30.8 Å². The molecule has 0 bridgehead atoms. The molecule has 1 aromatic heterocycles. The van der Waals surface area contributed by atoms with Crippen LogP contribution in [0.5, 0.6) is 0 Å². The molecule has 68 valence electrons. The molecule has 12 heavy (non-hydrogen) atoms. The van der Waals surface area contributed by atoms with Crippen molar-refractivity contribution < 1.29 is 5.11 Å². The fourth-order valence-electron chi connectivity index (χ4n) is 0.937. The smallest absolute Gasteiger partial charge is 0.185 e. The molecule has 0 aliphatic carbocycles. The van der Waals surface area contributed by atoms with E-state index in [4.69, 9.17) is 5.11 Å². The Bertz CT molecular complexity index is 258. The molecule has 0 saturated carbocycles. The summed E-state index contributed by atoms with van der Waals surface area (Å²) in [4.78, 5) is 7.53. The number of anilines is 1. The van der Waals surface area contributed by atoms with E-state index in [1.165, 1.54) is 4.88 Å². The van der Waals surface area contributed by atoms with Gasteiger partial charge in [-0.2, -0.15) is 0 Å². The van der Waals surface area contributed by atoms with Crippen LogP contribution in [-0.2, 0) is 6.42 Å². The molecular weight excluding hydrogens is 172 g/mol. The van der Waals surface area contributed by atoms with Crippen molar-refractivity contribution in [2.75, 3.05) is 25.6 Å². The number of aryl methyl sites for hydroxylation is 1. The summed E-state index contributed by atoms with van der Waals surface area (Å²) in [6.45, 7) is 2.18. The highest BCUT2D eigenvalue weighted by atomic mass is 32.1. The summed E-state index contributed by atoms with van der Waals surface area (Å²) in [6.07, 6.45) is 0.720. The van der Waals surface area contributed by atoms with Gasteiger partial charge >= 0.3 is 0 Å². The number of nitrogens with zero attached hydrogens (tertiary/aromatic N) is 2. The van der Waals surface area contributed by atoms with E-state index < -0.39 is 0 Å². The highest BCUT2D eigenvalue weighted by Crippen LogP contribution is 2.24. The maximum atomic E-state index is 8.76. The van der Waals surface area contributed by atoms with Gasteiger partial charge in [-0.05, 0) is 6.92 Å². The Morgan fingerprint density at radius 3 is 2.58 bits per heavy atom. The lowest BCUT2D eigenvalue weighted by atomic mass is 10.3. The SMILES string of the molecule is Cc1nc(N(C)C)sc1CCO. The summed E-state index contributed by atoms with van der Waals surface area (Å²) >= 11 is 1.65. The molecule has 1 heterocycles. The lowest BCUT2D eigenvalue weighted by Gasteiger charge is -2.05. The normalized spacial score (nSPS) is 10.3. The number of hydrogen-bond donors (Lipinski definition) is 1. The Balaban J connectivity index is 2.85. The van der Waals surface area contributed by atoms with Crippen molar-refractivity contribution in [2.45, 2.75) is 13.3 Å². The summed E-state index contributed by atoms with van der Waals surface area (Å²) in [5.74, 6) is 0. The second-order valence-corrected chi connectivity index (χ2v) is 3.94. The van der Waals surface area contributed by atoms with Crippen LogP contribution in [0.25, 0.3) is 0 Å². The van der Waals surface area contributed by atoms with Crippen LogP contribution in [0.15, 0.2) is 0 Å². The maximum absolute atomic E-state index is 8.76. The average molecular weight is 186 g/mol. The van der Waals surface area contributed by atoms with Gasteiger partial charge in [-0.1, -0.05) is 0 Å². The van der Waals surface area contributed by atoms with Gasteiger partial charge in [0.25, 0.3) is 0 Å². The fourth-order valence-corrected chi connectivity index (χ4v) is 1.91. The lowest BCUT2D eigenvalue weighted by Crippen LogP contribution is -2.07. The van der Waals surface area contributed by atoms with E-state index in [1.807, 2.05) is 25.9 Å². The van der Waals surface area contributed by atoms with E-state index in [9.17, 15) is 0 Å². The van der Waals surface area contributed by atoms with Gasteiger partial charge in [0.2, 0.25) is 0 Å². The summed E-state index contributed by atoms with van der Waals surface area (Å²) in [7, 11) is 3.95. The summed E-state index contributed by atoms with van der Waals surface area (Å²) in [6, 6.07) is 0. The Morgan fingerprint density at radius 1 is 1.50 bits per heavy atom. The largest absolute Gasteiger partial charge is 0.396 e. The van der Waals surface area contributed by atoms with Crippen molar-refractivity contribution in [3.05, 3.63) is 10.6 Å². The molecule has 0 saturated heterocycles. The minimum atomic E-state index is 0.204. The van der Waals surface area contributed by atoms with E-state index in [0.717, 1.165) is 17.2 Å². The number of hydrogen-bond acceptors (Lipinski definition) is 4. The first kappa shape index (κ1) is 9.48. The molecule has 4 heteroatoms. The molecule has 0 spiro atoms. The number of aromatic nitrogens is 1. The second kappa shape index (κ2) is 3.87. The predicted octanol–water partition coefficient (Wildman–Crippen LogP) is 1.05. The van der Waals surface area contributed by atoms with Crippen molar-refractivity contribution >= 4 is 16.5 Å². The average Bonchev–Trinajstić information content (AvgIpc) is 2.34. The molecule has 0 aliphatic heterocycles. The van der Waals surface area contributed by atoms with Gasteiger partial charge in [0.1, 0.15) is 0 Å². The molecule has 0 aliphatic rings. The quantitative estimate of drug-likeness (QED) is 0.766. The minimum absolute atomic E-state index is 0.204. The molecule has 0 unspecified atom stereocenters. The molecular formula is C8H14N2OS. The van der Waals surface area contributed by atoms with E-state index in [0.29, 0.717) is 0 Å². The van der Waals surface area contributed by atoms with Crippen molar-refractivity contribution in [3.63, 3.8) is 0 Å². The van der Waals surface area contributed by atoms with Gasteiger partial charge in [0, 0.05) is 32.0 Å². The topological polar surface area (TPSA) is 36.4 Å². The Morgan fingerprint density at radius 2 is 2.17 bits per heavy atom. The van der Waals surface area contributed by atoms with Crippen LogP contribution in [0.1, 0.15) is 10.6 Å². The first-order valence-corrected chi connectivity index (χ1v) is 4.71. The number of thiazole rings is 1. The van der Waals surface area contributed by atoms with Crippen LogP contribution < -0.4 is 4.90 Å². The second-order valence-electron chi connectivity index (χ2n) is 2.87. The maximum Gasteiger partial charge on any atom is 0.185 e. The first-order valence-electron chi connectivity index (χ1n) is 3.89. The molecule has 3 nitrogen and oxygen atoms in total. The standard InChI is InChI=1S/C8H14N2OS/c1-6-7(4-5-11)12-8(9-6)10(2)3/h11H,4-5H2,1-3H3. The number of aliphatic hydroxyl groups is 1.